The number of benzene rings is 2. The maximum absolute atomic E-state index is 12.1. The number of aryl methyl sites for hydroxylation is 1. The molecule has 2 aromatic carbocycles. The lowest BCUT2D eigenvalue weighted by atomic mass is 10.1. The van der Waals surface area contributed by atoms with Crippen molar-refractivity contribution in [2.45, 2.75) is 13.3 Å². The summed E-state index contributed by atoms with van der Waals surface area (Å²) >= 11 is 0. The highest BCUT2D eigenvalue weighted by Crippen LogP contribution is 2.19. The van der Waals surface area contributed by atoms with Gasteiger partial charge in [0.05, 0.1) is 4.92 Å². The molecule has 5 heteroatoms. The first-order valence-corrected chi connectivity index (χ1v) is 6.65. The van der Waals surface area contributed by atoms with Gasteiger partial charge in [-0.15, -0.1) is 0 Å². The van der Waals surface area contributed by atoms with Crippen LogP contribution in [0, 0.1) is 17.0 Å². The van der Waals surface area contributed by atoms with Crippen molar-refractivity contribution in [2.24, 2.45) is 0 Å². The Labute approximate surface area is 122 Å². The molecule has 5 nitrogen and oxygen atoms in total. The van der Waals surface area contributed by atoms with Gasteiger partial charge < -0.3 is 5.32 Å². The SMILES string of the molecule is Cc1ccc([N+](=O)[O-])c(C(=O)NCCc2ccccc2)c1. The van der Waals surface area contributed by atoms with E-state index < -0.39 is 10.8 Å². The van der Waals surface area contributed by atoms with Crippen LogP contribution in [-0.2, 0) is 6.42 Å². The molecular formula is C16H16N2O3. The zero-order chi connectivity index (χ0) is 15.2. The van der Waals surface area contributed by atoms with Gasteiger partial charge >= 0.3 is 0 Å². The second-order valence-electron chi connectivity index (χ2n) is 4.77. The van der Waals surface area contributed by atoms with E-state index in [4.69, 9.17) is 0 Å². The summed E-state index contributed by atoms with van der Waals surface area (Å²) < 4.78 is 0. The Bertz CT molecular complexity index is 654. The van der Waals surface area contributed by atoms with Gasteiger partial charge in [0.15, 0.2) is 0 Å². The minimum atomic E-state index is -0.536. The molecule has 0 saturated carbocycles. The molecule has 1 amide bonds. The van der Waals surface area contributed by atoms with Crippen molar-refractivity contribution < 1.29 is 9.72 Å². The fourth-order valence-corrected chi connectivity index (χ4v) is 2.05. The lowest BCUT2D eigenvalue weighted by Gasteiger charge is -2.07. The van der Waals surface area contributed by atoms with E-state index in [1.165, 1.54) is 12.1 Å². The first-order chi connectivity index (χ1) is 10.1. The van der Waals surface area contributed by atoms with E-state index in [-0.39, 0.29) is 11.3 Å². The molecule has 0 bridgehead atoms. The number of amides is 1. The molecule has 0 saturated heterocycles. The molecular weight excluding hydrogens is 268 g/mol. The van der Waals surface area contributed by atoms with Crippen LogP contribution in [0.4, 0.5) is 5.69 Å². The Kier molecular flexibility index (Phi) is 4.66. The van der Waals surface area contributed by atoms with Gasteiger partial charge in [-0.2, -0.15) is 0 Å². The van der Waals surface area contributed by atoms with Crippen molar-refractivity contribution in [3.8, 4) is 0 Å². The third-order valence-electron chi connectivity index (χ3n) is 3.14. The van der Waals surface area contributed by atoms with Crippen molar-refractivity contribution in [1.29, 1.82) is 0 Å². The molecule has 0 fully saturated rings. The average Bonchev–Trinajstić information content (AvgIpc) is 2.47. The summed E-state index contributed by atoms with van der Waals surface area (Å²) in [7, 11) is 0. The van der Waals surface area contributed by atoms with E-state index in [1.807, 2.05) is 30.3 Å². The number of nitrogens with zero attached hydrogens (tertiary/aromatic N) is 1. The van der Waals surface area contributed by atoms with Crippen LogP contribution in [0.1, 0.15) is 21.5 Å². The van der Waals surface area contributed by atoms with Gasteiger partial charge in [0.25, 0.3) is 11.6 Å². The van der Waals surface area contributed by atoms with Crippen LogP contribution in [0.2, 0.25) is 0 Å². The molecule has 2 rings (SSSR count). The summed E-state index contributed by atoms with van der Waals surface area (Å²) in [4.78, 5) is 22.5. The third kappa shape index (κ3) is 3.89. The van der Waals surface area contributed by atoms with Gasteiger partial charge in [0, 0.05) is 12.6 Å². The normalized spacial score (nSPS) is 10.1. The van der Waals surface area contributed by atoms with Crippen LogP contribution >= 0.6 is 0 Å². The fraction of sp³-hybridized carbons (Fsp3) is 0.188. The lowest BCUT2D eigenvalue weighted by molar-refractivity contribution is -0.385. The highest BCUT2D eigenvalue weighted by molar-refractivity contribution is 5.98. The summed E-state index contributed by atoms with van der Waals surface area (Å²) in [6.45, 7) is 2.23. The molecule has 0 heterocycles. The standard InChI is InChI=1S/C16H16N2O3/c1-12-7-8-15(18(20)21)14(11-12)16(19)17-10-9-13-5-3-2-4-6-13/h2-8,11H,9-10H2,1H3,(H,17,19). The smallest absolute Gasteiger partial charge is 0.282 e. The number of carbonyl (C=O) groups excluding carboxylic acids is 1. The summed E-state index contributed by atoms with van der Waals surface area (Å²) in [5, 5.41) is 13.7. The molecule has 0 aliphatic rings. The zero-order valence-electron chi connectivity index (χ0n) is 11.7. The second-order valence-corrected chi connectivity index (χ2v) is 4.77. The Morgan fingerprint density at radius 3 is 2.57 bits per heavy atom. The fourth-order valence-electron chi connectivity index (χ4n) is 2.05. The van der Waals surface area contributed by atoms with E-state index >= 15 is 0 Å². The van der Waals surface area contributed by atoms with Gasteiger partial charge in [0.1, 0.15) is 5.56 Å². The first kappa shape index (κ1) is 14.7. The van der Waals surface area contributed by atoms with Crippen LogP contribution < -0.4 is 5.32 Å². The molecule has 0 atom stereocenters. The largest absolute Gasteiger partial charge is 0.351 e. The van der Waals surface area contributed by atoms with E-state index in [9.17, 15) is 14.9 Å². The van der Waals surface area contributed by atoms with Crippen LogP contribution in [0.25, 0.3) is 0 Å². The van der Waals surface area contributed by atoms with E-state index in [0.29, 0.717) is 13.0 Å². The molecule has 0 aliphatic carbocycles. The maximum Gasteiger partial charge on any atom is 0.282 e. The van der Waals surface area contributed by atoms with Crippen molar-refractivity contribution >= 4 is 11.6 Å². The molecule has 1 N–H and O–H groups in total. The molecule has 0 unspecified atom stereocenters. The number of nitro benzene ring substituents is 1. The Balaban J connectivity index is 2.03. The number of carbonyl (C=O) groups is 1. The van der Waals surface area contributed by atoms with E-state index in [1.54, 1.807) is 13.0 Å². The Morgan fingerprint density at radius 1 is 1.19 bits per heavy atom. The van der Waals surface area contributed by atoms with E-state index in [0.717, 1.165) is 11.1 Å². The predicted molar refractivity (Wildman–Crippen MR) is 80.3 cm³/mol. The number of nitrogens with one attached hydrogen (secondary N) is 1. The quantitative estimate of drug-likeness (QED) is 0.677. The van der Waals surface area contributed by atoms with Crippen LogP contribution in [0.5, 0.6) is 0 Å². The molecule has 0 aromatic heterocycles. The lowest BCUT2D eigenvalue weighted by Crippen LogP contribution is -2.26. The highest BCUT2D eigenvalue weighted by atomic mass is 16.6. The van der Waals surface area contributed by atoms with Crippen LogP contribution in [0.15, 0.2) is 48.5 Å². The molecule has 0 radical (unpaired) electrons. The minimum Gasteiger partial charge on any atom is -0.351 e. The first-order valence-electron chi connectivity index (χ1n) is 6.65. The molecule has 0 spiro atoms. The number of hydrogen-bond donors (Lipinski definition) is 1. The number of hydrogen-bond acceptors (Lipinski definition) is 3. The summed E-state index contributed by atoms with van der Waals surface area (Å²) in [6, 6.07) is 14.3. The second kappa shape index (κ2) is 6.65. The molecule has 108 valence electrons. The van der Waals surface area contributed by atoms with Crippen molar-refractivity contribution in [3.63, 3.8) is 0 Å². The average molecular weight is 284 g/mol. The molecule has 2 aromatic rings. The third-order valence-corrected chi connectivity index (χ3v) is 3.14. The predicted octanol–water partition coefficient (Wildman–Crippen LogP) is 2.88. The topological polar surface area (TPSA) is 72.2 Å². The van der Waals surface area contributed by atoms with Gasteiger partial charge in [0.2, 0.25) is 0 Å². The van der Waals surface area contributed by atoms with Gasteiger partial charge in [-0.1, -0.05) is 36.4 Å². The van der Waals surface area contributed by atoms with Crippen LogP contribution in [-0.4, -0.2) is 17.4 Å². The van der Waals surface area contributed by atoms with Crippen molar-refractivity contribution in [1.82, 2.24) is 5.32 Å². The van der Waals surface area contributed by atoms with E-state index in [2.05, 4.69) is 5.32 Å². The summed E-state index contributed by atoms with van der Waals surface area (Å²) in [5.74, 6) is -0.415. The van der Waals surface area contributed by atoms with Crippen molar-refractivity contribution in [2.75, 3.05) is 6.54 Å². The Hall–Kier alpha value is -2.69. The zero-order valence-corrected chi connectivity index (χ0v) is 11.7. The highest BCUT2D eigenvalue weighted by Gasteiger charge is 2.19. The maximum atomic E-state index is 12.1. The Morgan fingerprint density at radius 2 is 1.90 bits per heavy atom. The van der Waals surface area contributed by atoms with Gasteiger partial charge in [-0.05, 0) is 30.5 Å². The summed E-state index contributed by atoms with van der Waals surface area (Å²) in [6.07, 6.45) is 0.687. The number of nitro groups is 1. The molecule has 0 aliphatic heterocycles. The van der Waals surface area contributed by atoms with Crippen LogP contribution in [0.3, 0.4) is 0 Å². The minimum absolute atomic E-state index is 0.105. The number of rotatable bonds is 5. The molecule has 21 heavy (non-hydrogen) atoms. The monoisotopic (exact) mass is 284 g/mol. The summed E-state index contributed by atoms with van der Waals surface area (Å²) in [5.41, 5.74) is 1.86. The van der Waals surface area contributed by atoms with Crippen molar-refractivity contribution in [3.05, 3.63) is 75.3 Å². The van der Waals surface area contributed by atoms with Gasteiger partial charge in [-0.3, -0.25) is 14.9 Å². The van der Waals surface area contributed by atoms with Gasteiger partial charge in [-0.25, -0.2) is 0 Å².